The van der Waals surface area contributed by atoms with Crippen LogP contribution in [0, 0.1) is 5.41 Å². The van der Waals surface area contributed by atoms with Crippen molar-refractivity contribution in [3.05, 3.63) is 0 Å². The second-order valence-electron chi connectivity index (χ2n) is 4.93. The van der Waals surface area contributed by atoms with Crippen molar-refractivity contribution >= 4 is 28.3 Å². The van der Waals surface area contributed by atoms with E-state index in [0.717, 1.165) is 0 Å². The zero-order chi connectivity index (χ0) is 13.7. The van der Waals surface area contributed by atoms with E-state index in [0.29, 0.717) is 0 Å². The number of carbonyl (C=O) groups is 1. The van der Waals surface area contributed by atoms with Gasteiger partial charge in [0.1, 0.15) is 0 Å². The summed E-state index contributed by atoms with van der Waals surface area (Å²) in [5, 5.41) is 2.59. The zero-order valence-electron chi connectivity index (χ0n) is 11.3. The van der Waals surface area contributed by atoms with Gasteiger partial charge in [-0.2, -0.15) is 0 Å². The predicted octanol–water partition coefficient (Wildman–Crippen LogP) is -0.163. The van der Waals surface area contributed by atoms with Gasteiger partial charge < -0.3 is 11.1 Å². The highest BCUT2D eigenvalue weighted by atomic mass is 35.5. The SMILES string of the molecule is CCS(=O)(=O)NCCNC(=O)[C@@H](N)C(C)(C)C.Cl. The molecule has 0 unspecified atom stereocenters. The van der Waals surface area contributed by atoms with Crippen molar-refractivity contribution < 1.29 is 13.2 Å². The van der Waals surface area contributed by atoms with Crippen LogP contribution in [-0.2, 0) is 14.8 Å². The molecule has 0 rings (SSSR count). The Kier molecular flexibility index (Phi) is 8.80. The van der Waals surface area contributed by atoms with Gasteiger partial charge in [0, 0.05) is 13.1 Å². The largest absolute Gasteiger partial charge is 0.353 e. The predicted molar refractivity (Wildman–Crippen MR) is 75.2 cm³/mol. The molecule has 0 fully saturated rings. The minimum absolute atomic E-state index is 0. The monoisotopic (exact) mass is 301 g/mol. The van der Waals surface area contributed by atoms with Crippen molar-refractivity contribution in [2.24, 2.45) is 11.1 Å². The Morgan fingerprint density at radius 3 is 2.17 bits per heavy atom. The van der Waals surface area contributed by atoms with Crippen LogP contribution < -0.4 is 15.8 Å². The Morgan fingerprint density at radius 1 is 1.28 bits per heavy atom. The summed E-state index contributed by atoms with van der Waals surface area (Å²) in [6, 6.07) is -0.606. The normalized spacial score (nSPS) is 13.6. The topological polar surface area (TPSA) is 101 Å². The maximum atomic E-state index is 11.6. The molecule has 18 heavy (non-hydrogen) atoms. The van der Waals surface area contributed by atoms with Gasteiger partial charge in [-0.1, -0.05) is 20.8 Å². The highest BCUT2D eigenvalue weighted by molar-refractivity contribution is 7.89. The summed E-state index contributed by atoms with van der Waals surface area (Å²) in [5.41, 5.74) is 5.43. The third kappa shape index (κ3) is 7.86. The maximum absolute atomic E-state index is 11.6. The van der Waals surface area contributed by atoms with E-state index in [2.05, 4.69) is 10.0 Å². The van der Waals surface area contributed by atoms with Gasteiger partial charge in [0.2, 0.25) is 15.9 Å². The van der Waals surface area contributed by atoms with E-state index in [9.17, 15) is 13.2 Å². The van der Waals surface area contributed by atoms with Crippen molar-refractivity contribution in [2.75, 3.05) is 18.8 Å². The van der Waals surface area contributed by atoms with Gasteiger partial charge in [0.25, 0.3) is 0 Å². The van der Waals surface area contributed by atoms with Gasteiger partial charge in [-0.05, 0) is 12.3 Å². The van der Waals surface area contributed by atoms with Crippen LogP contribution in [0.25, 0.3) is 0 Å². The molecule has 0 aliphatic rings. The van der Waals surface area contributed by atoms with Gasteiger partial charge in [0.05, 0.1) is 11.8 Å². The summed E-state index contributed by atoms with van der Waals surface area (Å²) in [6.45, 7) is 7.59. The summed E-state index contributed by atoms with van der Waals surface area (Å²) in [5.74, 6) is -0.240. The lowest BCUT2D eigenvalue weighted by Gasteiger charge is -2.25. The number of amides is 1. The van der Waals surface area contributed by atoms with E-state index in [1.54, 1.807) is 6.92 Å². The molecule has 0 saturated carbocycles. The van der Waals surface area contributed by atoms with Gasteiger partial charge in [-0.15, -0.1) is 12.4 Å². The number of carbonyl (C=O) groups excluding carboxylic acids is 1. The minimum atomic E-state index is -3.20. The van der Waals surface area contributed by atoms with Crippen molar-refractivity contribution in [1.82, 2.24) is 10.0 Å². The molecular formula is C10H24ClN3O3S. The number of nitrogens with one attached hydrogen (secondary N) is 2. The molecule has 0 aliphatic heterocycles. The molecule has 0 spiro atoms. The molecule has 0 aromatic carbocycles. The van der Waals surface area contributed by atoms with E-state index in [1.165, 1.54) is 0 Å². The second-order valence-corrected chi connectivity index (χ2v) is 7.03. The molecule has 8 heteroatoms. The molecule has 0 heterocycles. The number of hydrogen-bond donors (Lipinski definition) is 3. The highest BCUT2D eigenvalue weighted by Crippen LogP contribution is 2.16. The van der Waals surface area contributed by atoms with Gasteiger partial charge in [0.15, 0.2) is 0 Å². The Bertz CT molecular complexity index is 352. The first-order valence-corrected chi connectivity index (χ1v) is 7.26. The molecular weight excluding hydrogens is 278 g/mol. The molecule has 0 aromatic rings. The highest BCUT2D eigenvalue weighted by Gasteiger charge is 2.26. The van der Waals surface area contributed by atoms with Crippen molar-refractivity contribution in [3.8, 4) is 0 Å². The molecule has 0 aliphatic carbocycles. The first-order valence-electron chi connectivity index (χ1n) is 5.61. The standard InChI is InChI=1S/C10H23N3O3S.ClH/c1-5-17(15,16)13-7-6-12-9(14)8(11)10(2,3)4;/h8,13H,5-7,11H2,1-4H3,(H,12,14);1H/t8-;/m1./s1. The van der Waals surface area contributed by atoms with Crippen molar-refractivity contribution in [3.63, 3.8) is 0 Å². The Hall–Kier alpha value is -0.370. The molecule has 1 amide bonds. The summed E-state index contributed by atoms with van der Waals surface area (Å²) in [6.07, 6.45) is 0. The van der Waals surface area contributed by atoms with E-state index in [1.807, 2.05) is 20.8 Å². The third-order valence-corrected chi connectivity index (χ3v) is 3.75. The van der Waals surface area contributed by atoms with Crippen LogP contribution >= 0.6 is 12.4 Å². The fourth-order valence-corrected chi connectivity index (χ4v) is 1.61. The molecule has 4 N–H and O–H groups in total. The summed E-state index contributed by atoms with van der Waals surface area (Å²) < 4.78 is 24.5. The van der Waals surface area contributed by atoms with Crippen LogP contribution in [0.15, 0.2) is 0 Å². The lowest BCUT2D eigenvalue weighted by atomic mass is 9.87. The number of hydrogen-bond acceptors (Lipinski definition) is 4. The van der Waals surface area contributed by atoms with Crippen LogP contribution in [0.3, 0.4) is 0 Å². The van der Waals surface area contributed by atoms with E-state index in [4.69, 9.17) is 5.73 Å². The molecule has 1 atom stereocenters. The molecule has 0 saturated heterocycles. The Labute approximate surface area is 116 Å². The lowest BCUT2D eigenvalue weighted by Crippen LogP contribution is -2.50. The molecule has 110 valence electrons. The van der Waals surface area contributed by atoms with E-state index < -0.39 is 16.1 Å². The first kappa shape index (κ1) is 20.0. The molecule has 0 radical (unpaired) electrons. The van der Waals surface area contributed by atoms with Crippen LogP contribution in [-0.4, -0.2) is 39.2 Å². The summed E-state index contributed by atoms with van der Waals surface area (Å²) in [7, 11) is -3.20. The maximum Gasteiger partial charge on any atom is 0.237 e. The minimum Gasteiger partial charge on any atom is -0.353 e. The first-order chi connectivity index (χ1) is 7.60. The number of rotatable bonds is 6. The molecule has 0 aromatic heterocycles. The third-order valence-electron chi connectivity index (χ3n) is 2.34. The fourth-order valence-electron chi connectivity index (χ4n) is 0.998. The molecule has 6 nitrogen and oxygen atoms in total. The fraction of sp³-hybridized carbons (Fsp3) is 0.900. The zero-order valence-corrected chi connectivity index (χ0v) is 13.0. The van der Waals surface area contributed by atoms with E-state index >= 15 is 0 Å². The lowest BCUT2D eigenvalue weighted by molar-refractivity contribution is -0.124. The van der Waals surface area contributed by atoms with Gasteiger partial charge >= 0.3 is 0 Å². The van der Waals surface area contributed by atoms with Crippen LogP contribution in [0.2, 0.25) is 0 Å². The molecule has 0 bridgehead atoms. The summed E-state index contributed by atoms with van der Waals surface area (Å²) in [4.78, 5) is 11.6. The van der Waals surface area contributed by atoms with E-state index in [-0.39, 0.29) is 42.6 Å². The van der Waals surface area contributed by atoms with Crippen LogP contribution in [0.1, 0.15) is 27.7 Å². The number of nitrogens with two attached hydrogens (primary N) is 1. The van der Waals surface area contributed by atoms with Crippen LogP contribution in [0.4, 0.5) is 0 Å². The van der Waals surface area contributed by atoms with Gasteiger partial charge in [-0.25, -0.2) is 13.1 Å². The second kappa shape index (κ2) is 7.93. The Balaban J connectivity index is 0. The van der Waals surface area contributed by atoms with Crippen molar-refractivity contribution in [1.29, 1.82) is 0 Å². The van der Waals surface area contributed by atoms with Crippen LogP contribution in [0.5, 0.6) is 0 Å². The quantitative estimate of drug-likeness (QED) is 0.593. The number of halogens is 1. The smallest absolute Gasteiger partial charge is 0.237 e. The summed E-state index contributed by atoms with van der Waals surface area (Å²) >= 11 is 0. The van der Waals surface area contributed by atoms with Gasteiger partial charge in [-0.3, -0.25) is 4.79 Å². The number of sulfonamides is 1. The van der Waals surface area contributed by atoms with Crippen molar-refractivity contribution in [2.45, 2.75) is 33.7 Å². The average Bonchev–Trinajstić information content (AvgIpc) is 2.21. The average molecular weight is 302 g/mol. The Morgan fingerprint density at radius 2 is 1.78 bits per heavy atom.